The highest BCUT2D eigenvalue weighted by atomic mass is 19.2. The minimum absolute atomic E-state index is 0.150. The molecule has 0 unspecified atom stereocenters. The Labute approximate surface area is 90.8 Å². The lowest BCUT2D eigenvalue weighted by Crippen LogP contribution is -2.26. The molecule has 0 aliphatic heterocycles. The third-order valence-electron chi connectivity index (χ3n) is 1.83. The molecule has 86 valence electrons. The van der Waals surface area contributed by atoms with Gasteiger partial charge in [0.05, 0.1) is 5.56 Å². The molecule has 0 aliphatic carbocycles. The number of halogens is 3. The smallest absolute Gasteiger partial charge is 0.254 e. The number of benzene rings is 1. The minimum atomic E-state index is -1.65. The van der Waals surface area contributed by atoms with Crippen LogP contribution in [0.5, 0.6) is 0 Å². The molecule has 0 aromatic heterocycles. The molecule has 16 heavy (non-hydrogen) atoms. The molecule has 1 rings (SSSR count). The highest BCUT2D eigenvalue weighted by molar-refractivity contribution is 5.94. The largest absolute Gasteiger partial charge is 0.348 e. The standard InChI is InChI=1S/C11H10F3NO/c1-6(2)5-15-11(16)7-3-4-8(12)10(14)9(7)13/h3-4H,1,5H2,2H3,(H,15,16). The van der Waals surface area contributed by atoms with E-state index < -0.39 is 28.9 Å². The monoisotopic (exact) mass is 229 g/mol. The average Bonchev–Trinajstić information content (AvgIpc) is 2.23. The molecule has 5 heteroatoms. The van der Waals surface area contributed by atoms with Crippen molar-refractivity contribution in [2.45, 2.75) is 6.92 Å². The topological polar surface area (TPSA) is 29.1 Å². The van der Waals surface area contributed by atoms with E-state index in [9.17, 15) is 18.0 Å². The first-order valence-electron chi connectivity index (χ1n) is 4.49. The molecule has 0 spiro atoms. The van der Waals surface area contributed by atoms with Crippen LogP contribution in [0.2, 0.25) is 0 Å². The second-order valence-corrected chi connectivity index (χ2v) is 3.36. The van der Waals surface area contributed by atoms with Crippen LogP contribution in [0.3, 0.4) is 0 Å². The first kappa shape index (κ1) is 12.3. The Balaban J connectivity index is 2.92. The Morgan fingerprint density at radius 1 is 1.31 bits per heavy atom. The number of amides is 1. The van der Waals surface area contributed by atoms with E-state index in [1.165, 1.54) is 0 Å². The van der Waals surface area contributed by atoms with Crippen molar-refractivity contribution in [3.63, 3.8) is 0 Å². The van der Waals surface area contributed by atoms with E-state index in [4.69, 9.17) is 0 Å². The van der Waals surface area contributed by atoms with Gasteiger partial charge in [-0.25, -0.2) is 13.2 Å². The summed E-state index contributed by atoms with van der Waals surface area (Å²) < 4.78 is 38.5. The average molecular weight is 229 g/mol. The predicted molar refractivity (Wildman–Crippen MR) is 53.5 cm³/mol. The lowest BCUT2D eigenvalue weighted by molar-refractivity contribution is 0.0951. The van der Waals surface area contributed by atoms with E-state index in [1.807, 2.05) is 0 Å². The third-order valence-corrected chi connectivity index (χ3v) is 1.83. The molecule has 0 fully saturated rings. The molecule has 0 atom stereocenters. The summed E-state index contributed by atoms with van der Waals surface area (Å²) in [6.45, 7) is 5.35. The van der Waals surface area contributed by atoms with Crippen molar-refractivity contribution < 1.29 is 18.0 Å². The van der Waals surface area contributed by atoms with E-state index in [2.05, 4.69) is 11.9 Å². The van der Waals surface area contributed by atoms with Crippen molar-refractivity contribution >= 4 is 5.91 Å². The summed E-state index contributed by atoms with van der Waals surface area (Å²) in [5.41, 5.74) is 0.136. The third kappa shape index (κ3) is 2.62. The molecule has 1 N–H and O–H groups in total. The van der Waals surface area contributed by atoms with Gasteiger partial charge in [-0.3, -0.25) is 4.79 Å². The summed E-state index contributed by atoms with van der Waals surface area (Å²) in [5, 5.41) is 2.32. The Hall–Kier alpha value is -1.78. The van der Waals surface area contributed by atoms with Gasteiger partial charge in [-0.1, -0.05) is 12.2 Å². The first-order chi connectivity index (χ1) is 7.43. The summed E-state index contributed by atoms with van der Waals surface area (Å²) >= 11 is 0. The van der Waals surface area contributed by atoms with Gasteiger partial charge in [0.1, 0.15) is 0 Å². The number of carbonyl (C=O) groups is 1. The fourth-order valence-electron chi connectivity index (χ4n) is 1.03. The van der Waals surface area contributed by atoms with Crippen LogP contribution >= 0.6 is 0 Å². The number of hydrogen-bond donors (Lipinski definition) is 1. The van der Waals surface area contributed by atoms with Gasteiger partial charge in [-0.15, -0.1) is 0 Å². The fourth-order valence-corrected chi connectivity index (χ4v) is 1.03. The maximum absolute atomic E-state index is 13.1. The highest BCUT2D eigenvalue weighted by Crippen LogP contribution is 2.14. The Morgan fingerprint density at radius 3 is 2.50 bits per heavy atom. The summed E-state index contributed by atoms with van der Waals surface area (Å²) in [7, 11) is 0. The van der Waals surface area contributed by atoms with E-state index in [0.29, 0.717) is 11.6 Å². The molecular formula is C11H10F3NO. The summed E-state index contributed by atoms with van der Waals surface area (Å²) in [6.07, 6.45) is 0. The van der Waals surface area contributed by atoms with Crippen molar-refractivity contribution in [2.24, 2.45) is 0 Å². The Morgan fingerprint density at radius 2 is 1.94 bits per heavy atom. The van der Waals surface area contributed by atoms with Crippen molar-refractivity contribution in [1.29, 1.82) is 0 Å². The molecule has 0 saturated heterocycles. The molecule has 1 amide bonds. The van der Waals surface area contributed by atoms with Crippen LogP contribution in [-0.4, -0.2) is 12.5 Å². The van der Waals surface area contributed by atoms with Crippen LogP contribution in [0, 0.1) is 17.5 Å². The maximum atomic E-state index is 13.1. The van der Waals surface area contributed by atoms with E-state index in [0.717, 1.165) is 6.07 Å². The zero-order chi connectivity index (χ0) is 12.3. The van der Waals surface area contributed by atoms with Gasteiger partial charge in [0.2, 0.25) is 0 Å². The first-order valence-corrected chi connectivity index (χ1v) is 4.49. The van der Waals surface area contributed by atoms with Gasteiger partial charge in [0, 0.05) is 6.54 Å². The predicted octanol–water partition coefficient (Wildman–Crippen LogP) is 2.41. The van der Waals surface area contributed by atoms with Gasteiger partial charge >= 0.3 is 0 Å². The van der Waals surface area contributed by atoms with Crippen LogP contribution in [0.15, 0.2) is 24.3 Å². The summed E-state index contributed by atoms with van der Waals surface area (Å²) in [5.74, 6) is -5.27. The molecule has 0 saturated carbocycles. The molecular weight excluding hydrogens is 219 g/mol. The fraction of sp³-hybridized carbons (Fsp3) is 0.182. The van der Waals surface area contributed by atoms with E-state index >= 15 is 0 Å². The summed E-state index contributed by atoms with van der Waals surface area (Å²) in [4.78, 5) is 11.4. The van der Waals surface area contributed by atoms with Gasteiger partial charge in [-0.05, 0) is 19.1 Å². The lowest BCUT2D eigenvalue weighted by atomic mass is 10.2. The van der Waals surface area contributed by atoms with Crippen molar-refractivity contribution in [1.82, 2.24) is 5.32 Å². The molecule has 0 bridgehead atoms. The maximum Gasteiger partial charge on any atom is 0.254 e. The lowest BCUT2D eigenvalue weighted by Gasteiger charge is -2.06. The molecule has 0 radical (unpaired) electrons. The minimum Gasteiger partial charge on any atom is -0.348 e. The summed E-state index contributed by atoms with van der Waals surface area (Å²) in [6, 6.07) is 1.59. The van der Waals surface area contributed by atoms with Crippen LogP contribution in [0.25, 0.3) is 0 Å². The zero-order valence-electron chi connectivity index (χ0n) is 8.61. The zero-order valence-corrected chi connectivity index (χ0v) is 8.61. The number of rotatable bonds is 3. The van der Waals surface area contributed by atoms with Gasteiger partial charge in [-0.2, -0.15) is 0 Å². The SMILES string of the molecule is C=C(C)CNC(=O)c1ccc(F)c(F)c1F. The number of nitrogens with one attached hydrogen (secondary N) is 1. The van der Waals surface area contributed by atoms with Crippen LogP contribution in [-0.2, 0) is 0 Å². The van der Waals surface area contributed by atoms with E-state index in [-0.39, 0.29) is 6.54 Å². The van der Waals surface area contributed by atoms with E-state index in [1.54, 1.807) is 6.92 Å². The van der Waals surface area contributed by atoms with Gasteiger partial charge in [0.25, 0.3) is 5.91 Å². The van der Waals surface area contributed by atoms with Gasteiger partial charge in [0.15, 0.2) is 17.5 Å². The normalized spacial score (nSPS) is 10.0. The number of carbonyl (C=O) groups excluding carboxylic acids is 1. The Kier molecular flexibility index (Phi) is 3.71. The second-order valence-electron chi connectivity index (χ2n) is 3.36. The molecule has 1 aromatic carbocycles. The molecule has 2 nitrogen and oxygen atoms in total. The molecule has 0 aliphatic rings. The molecule has 0 heterocycles. The second kappa shape index (κ2) is 4.83. The van der Waals surface area contributed by atoms with Crippen LogP contribution in [0.4, 0.5) is 13.2 Å². The van der Waals surface area contributed by atoms with Crippen molar-refractivity contribution in [3.05, 3.63) is 47.3 Å². The highest BCUT2D eigenvalue weighted by Gasteiger charge is 2.18. The van der Waals surface area contributed by atoms with Crippen LogP contribution < -0.4 is 5.32 Å². The van der Waals surface area contributed by atoms with Gasteiger partial charge < -0.3 is 5.32 Å². The Bertz CT molecular complexity index is 443. The quantitative estimate of drug-likeness (QED) is 0.625. The van der Waals surface area contributed by atoms with Crippen molar-refractivity contribution in [3.8, 4) is 0 Å². The number of hydrogen-bond acceptors (Lipinski definition) is 1. The molecule has 1 aromatic rings. The van der Waals surface area contributed by atoms with Crippen molar-refractivity contribution in [2.75, 3.05) is 6.54 Å². The van der Waals surface area contributed by atoms with Crippen LogP contribution in [0.1, 0.15) is 17.3 Å².